The van der Waals surface area contributed by atoms with Gasteiger partial charge in [-0.2, -0.15) is 0 Å². The summed E-state index contributed by atoms with van der Waals surface area (Å²) in [5.41, 5.74) is 10.5. The third kappa shape index (κ3) is 2.69. The maximum Gasteiger partial charge on any atom is 0.262 e. The highest BCUT2D eigenvalue weighted by molar-refractivity contribution is 5.90. The number of carbonyl (C=O) groups excluding carboxylic acids is 1. The molecule has 1 saturated carbocycles. The van der Waals surface area contributed by atoms with Gasteiger partial charge < -0.3 is 5.73 Å². The Kier molecular flexibility index (Phi) is 4.48. The van der Waals surface area contributed by atoms with Gasteiger partial charge in [-0.15, -0.1) is 0 Å². The molecule has 3 nitrogen and oxygen atoms in total. The van der Waals surface area contributed by atoms with Crippen LogP contribution in [0.3, 0.4) is 0 Å². The quantitative estimate of drug-likeness (QED) is 0.661. The average molecular weight is 338 g/mol. The summed E-state index contributed by atoms with van der Waals surface area (Å²) in [6.45, 7) is 11.6. The van der Waals surface area contributed by atoms with E-state index < -0.39 is 6.04 Å². The second-order valence-corrected chi connectivity index (χ2v) is 8.40. The number of hydrogen-bond acceptors (Lipinski definition) is 2. The summed E-state index contributed by atoms with van der Waals surface area (Å²) in [4.78, 5) is 16.7. The van der Waals surface area contributed by atoms with E-state index in [1.165, 1.54) is 11.1 Å². The summed E-state index contributed by atoms with van der Waals surface area (Å²) in [6.07, 6.45) is 3.49. The number of benzene rings is 1. The molecule has 2 aliphatic rings. The van der Waals surface area contributed by atoms with Crippen molar-refractivity contribution in [3.63, 3.8) is 0 Å². The van der Waals surface area contributed by atoms with Gasteiger partial charge in [-0.1, -0.05) is 62.2 Å². The summed E-state index contributed by atoms with van der Waals surface area (Å²) in [6, 6.07) is 9.30. The SMILES string of the molecule is CC1=C(C)C2(C)C(C=NC(=O)[C@@H](N)Cc3ccccc3)CC1(C)C2C. The molecule has 25 heavy (non-hydrogen) atoms. The Bertz CT molecular complexity index is 736. The van der Waals surface area contributed by atoms with Gasteiger partial charge in [0, 0.05) is 12.1 Å². The number of nitrogens with two attached hydrogens (primary N) is 1. The maximum absolute atomic E-state index is 12.4. The third-order valence-corrected chi connectivity index (χ3v) is 7.49. The smallest absolute Gasteiger partial charge is 0.262 e. The molecule has 0 aliphatic heterocycles. The normalized spacial score (nSPS) is 35.6. The molecule has 3 heteroatoms. The number of hydrogen-bond donors (Lipinski definition) is 1. The lowest BCUT2D eigenvalue weighted by atomic mass is 9.71. The molecule has 1 fully saturated rings. The first-order chi connectivity index (χ1) is 11.7. The molecule has 4 unspecified atom stereocenters. The monoisotopic (exact) mass is 338 g/mol. The largest absolute Gasteiger partial charge is 0.320 e. The molecule has 0 radical (unpaired) electrons. The Balaban J connectivity index is 1.72. The fourth-order valence-corrected chi connectivity index (χ4v) is 5.16. The number of amides is 1. The standard InChI is InChI=1S/C22H30N2O/c1-14-15(2)22(5)16(3)21(14,4)12-18(22)13-24-20(25)19(23)11-17-9-7-6-8-10-17/h6-10,13,16,18-19H,11-12,23H2,1-5H3/t16?,18?,19-,21?,22?/m0/s1. The van der Waals surface area contributed by atoms with E-state index in [9.17, 15) is 4.79 Å². The van der Waals surface area contributed by atoms with Gasteiger partial charge in [0.1, 0.15) is 0 Å². The summed E-state index contributed by atoms with van der Waals surface area (Å²) in [7, 11) is 0. The number of rotatable bonds is 4. The first kappa shape index (κ1) is 18.1. The zero-order chi connectivity index (χ0) is 18.4. The number of aliphatic imine (C=N–C) groups is 1. The lowest BCUT2D eigenvalue weighted by Gasteiger charge is -2.33. The number of carbonyl (C=O) groups is 1. The molecule has 0 spiro atoms. The van der Waals surface area contributed by atoms with Crippen LogP contribution in [0.1, 0.15) is 46.6 Å². The minimum absolute atomic E-state index is 0.103. The Morgan fingerprint density at radius 1 is 1.28 bits per heavy atom. The summed E-state index contributed by atoms with van der Waals surface area (Å²) in [5.74, 6) is 0.667. The zero-order valence-corrected chi connectivity index (χ0v) is 16.0. The third-order valence-electron chi connectivity index (χ3n) is 7.49. The van der Waals surface area contributed by atoms with E-state index in [4.69, 9.17) is 5.73 Å². The Morgan fingerprint density at radius 3 is 2.48 bits per heavy atom. The first-order valence-electron chi connectivity index (χ1n) is 9.27. The van der Waals surface area contributed by atoms with Crippen molar-refractivity contribution >= 4 is 12.1 Å². The van der Waals surface area contributed by atoms with Crippen molar-refractivity contribution in [1.29, 1.82) is 0 Å². The predicted molar refractivity (Wildman–Crippen MR) is 103 cm³/mol. The van der Waals surface area contributed by atoms with Gasteiger partial charge in [0.2, 0.25) is 0 Å². The molecule has 134 valence electrons. The fraction of sp³-hybridized carbons (Fsp3) is 0.545. The van der Waals surface area contributed by atoms with E-state index in [1.54, 1.807) is 0 Å². The van der Waals surface area contributed by atoms with Crippen LogP contribution < -0.4 is 5.73 Å². The number of allylic oxidation sites excluding steroid dienone is 2. The highest BCUT2D eigenvalue weighted by Crippen LogP contribution is 2.69. The van der Waals surface area contributed by atoms with Crippen molar-refractivity contribution in [2.75, 3.05) is 0 Å². The molecule has 5 atom stereocenters. The Morgan fingerprint density at radius 2 is 1.92 bits per heavy atom. The molecule has 3 rings (SSSR count). The van der Waals surface area contributed by atoms with Gasteiger partial charge in [-0.3, -0.25) is 4.79 Å². The molecule has 2 aliphatic carbocycles. The van der Waals surface area contributed by atoms with Gasteiger partial charge in [-0.25, -0.2) is 4.99 Å². The van der Waals surface area contributed by atoms with E-state index in [2.05, 4.69) is 39.6 Å². The Hall–Kier alpha value is -1.74. The van der Waals surface area contributed by atoms with Crippen LogP contribution in [0.5, 0.6) is 0 Å². The van der Waals surface area contributed by atoms with E-state index in [0.717, 1.165) is 12.0 Å². The van der Waals surface area contributed by atoms with Crippen LogP contribution in [-0.2, 0) is 11.2 Å². The lowest BCUT2D eigenvalue weighted by Crippen LogP contribution is -2.33. The zero-order valence-electron chi connectivity index (χ0n) is 16.0. The van der Waals surface area contributed by atoms with Crippen LogP contribution in [0.2, 0.25) is 0 Å². The lowest BCUT2D eigenvalue weighted by molar-refractivity contribution is -0.118. The van der Waals surface area contributed by atoms with Crippen LogP contribution in [0.25, 0.3) is 0 Å². The number of nitrogens with zero attached hydrogens (tertiary/aromatic N) is 1. The van der Waals surface area contributed by atoms with Crippen molar-refractivity contribution < 1.29 is 4.79 Å². The number of fused-ring (bicyclic) bond motifs is 2. The average Bonchev–Trinajstić information content (AvgIpc) is 2.87. The van der Waals surface area contributed by atoms with Crippen molar-refractivity contribution in [2.45, 2.75) is 53.5 Å². The van der Waals surface area contributed by atoms with Crippen molar-refractivity contribution in [2.24, 2.45) is 33.4 Å². The van der Waals surface area contributed by atoms with Gasteiger partial charge in [-0.05, 0) is 49.0 Å². The fourth-order valence-electron chi connectivity index (χ4n) is 5.16. The second kappa shape index (κ2) is 6.21. The summed E-state index contributed by atoms with van der Waals surface area (Å²) < 4.78 is 0. The van der Waals surface area contributed by atoms with Gasteiger partial charge in [0.05, 0.1) is 6.04 Å². The molecule has 1 aromatic rings. The maximum atomic E-state index is 12.4. The molecule has 2 N–H and O–H groups in total. The van der Waals surface area contributed by atoms with Crippen LogP contribution in [0, 0.1) is 22.7 Å². The second-order valence-electron chi connectivity index (χ2n) is 8.40. The van der Waals surface area contributed by atoms with Gasteiger partial charge in [0.15, 0.2) is 0 Å². The molecule has 0 heterocycles. The van der Waals surface area contributed by atoms with Crippen LogP contribution in [0.15, 0.2) is 46.5 Å². The molecular weight excluding hydrogens is 308 g/mol. The first-order valence-corrected chi connectivity index (χ1v) is 9.27. The van der Waals surface area contributed by atoms with E-state index in [-0.39, 0.29) is 16.7 Å². The molecule has 0 aromatic heterocycles. The van der Waals surface area contributed by atoms with Gasteiger partial charge >= 0.3 is 0 Å². The topological polar surface area (TPSA) is 55.5 Å². The van der Waals surface area contributed by atoms with Crippen molar-refractivity contribution in [1.82, 2.24) is 0 Å². The molecule has 2 bridgehead atoms. The highest BCUT2D eigenvalue weighted by Gasteiger charge is 2.61. The van der Waals surface area contributed by atoms with Crippen molar-refractivity contribution in [3.8, 4) is 0 Å². The molecule has 1 aromatic carbocycles. The van der Waals surface area contributed by atoms with Crippen molar-refractivity contribution in [3.05, 3.63) is 47.0 Å². The van der Waals surface area contributed by atoms with E-state index >= 15 is 0 Å². The van der Waals surface area contributed by atoms with E-state index in [1.807, 2.05) is 36.5 Å². The minimum atomic E-state index is -0.573. The van der Waals surface area contributed by atoms with Crippen LogP contribution >= 0.6 is 0 Å². The Labute approximate surface area is 151 Å². The van der Waals surface area contributed by atoms with E-state index in [0.29, 0.717) is 18.3 Å². The summed E-state index contributed by atoms with van der Waals surface area (Å²) in [5, 5.41) is 0. The summed E-state index contributed by atoms with van der Waals surface area (Å²) >= 11 is 0. The molecular formula is C22H30N2O. The van der Waals surface area contributed by atoms with Crippen LogP contribution in [-0.4, -0.2) is 18.2 Å². The molecule has 0 saturated heterocycles. The van der Waals surface area contributed by atoms with Gasteiger partial charge in [0.25, 0.3) is 5.91 Å². The minimum Gasteiger partial charge on any atom is -0.320 e. The van der Waals surface area contributed by atoms with Crippen LogP contribution in [0.4, 0.5) is 0 Å². The molecule has 1 amide bonds. The predicted octanol–water partition coefficient (Wildman–Crippen LogP) is 4.17. The highest BCUT2D eigenvalue weighted by atomic mass is 16.1.